The minimum atomic E-state index is -0.425. The second kappa shape index (κ2) is 29.7. The van der Waals surface area contributed by atoms with Gasteiger partial charge in [0.15, 0.2) is 16.7 Å². The maximum Gasteiger partial charge on any atom is 0.227 e. The van der Waals surface area contributed by atoms with Crippen LogP contribution in [-0.4, -0.2) is 15.0 Å². The second-order valence-electron chi connectivity index (χ2n) is 36.7. The van der Waals surface area contributed by atoms with E-state index in [1.165, 1.54) is 160 Å². The molecule has 0 atom stereocenters. The van der Waals surface area contributed by atoms with E-state index in [0.29, 0.717) is 17.7 Å². The van der Waals surface area contributed by atoms with Crippen molar-refractivity contribution in [1.82, 2.24) is 15.0 Å². The standard InChI is InChI=1S/C46H29NO.2C40H27NO/c1-4-12-31(13-5-1)45-47-42-27-24-30-20-21-34-28-32(22-25-37(34)43(30)44(42)48-45)33-23-26-39-38-18-10-11-19-40(38)46(41(39)29-33,35-14-6-2-7-15-35)36-16-8-3-9-17-36;1-40(2)34-23-28(16-19-32(34)33-20-14-24-8-6-7-11-31(24)37(33)40)27-15-18-30-29(22-27)13-12-25-17-21-35-38(36(25)30)42-39(41-35)26-9-4-3-5-10-26;1-40(2)34-23-29(15-18-32(34)33-21-26-10-6-7-11-27(26)22-35(33)40)28-14-17-31-30(20-28)13-12-24-16-19-36-38(37(24)31)42-39(41-36)25-8-4-3-5-9-25/h1-29H;2*3-23H,1-2H3. The lowest BCUT2D eigenvalue weighted by atomic mass is 9.67. The highest BCUT2D eigenvalue weighted by atomic mass is 16.4. The summed E-state index contributed by atoms with van der Waals surface area (Å²) in [5, 5.41) is 19.1. The predicted molar refractivity (Wildman–Crippen MR) is 547 cm³/mol. The molecule has 3 aliphatic rings. The third-order valence-electron chi connectivity index (χ3n) is 28.7. The summed E-state index contributed by atoms with van der Waals surface area (Å²) in [7, 11) is 0. The molecule has 3 aromatic heterocycles. The minimum Gasteiger partial charge on any atom is -0.435 e. The smallest absolute Gasteiger partial charge is 0.227 e. The molecule has 28 rings (SSSR count). The van der Waals surface area contributed by atoms with Gasteiger partial charge in [-0.25, -0.2) is 15.0 Å². The van der Waals surface area contributed by atoms with E-state index >= 15 is 0 Å². The van der Waals surface area contributed by atoms with E-state index in [1.54, 1.807) is 0 Å². The molecule has 0 unspecified atom stereocenters. The monoisotopic (exact) mass is 1690 g/mol. The molecule has 620 valence electrons. The predicted octanol–water partition coefficient (Wildman–Crippen LogP) is 33.7. The summed E-state index contributed by atoms with van der Waals surface area (Å²) in [6, 6.07) is 155. The number of benzene rings is 22. The Balaban J connectivity index is 0.000000104. The van der Waals surface area contributed by atoms with Gasteiger partial charge in [-0.15, -0.1) is 0 Å². The van der Waals surface area contributed by atoms with Crippen LogP contribution in [0.25, 0.3) is 221 Å². The Hall–Kier alpha value is -16.7. The summed E-state index contributed by atoms with van der Waals surface area (Å²) in [5.41, 5.74) is 33.6. The Morgan fingerprint density at radius 1 is 0.189 bits per heavy atom. The quantitative estimate of drug-likeness (QED) is 0.141. The second-order valence-corrected chi connectivity index (χ2v) is 36.7. The first kappa shape index (κ1) is 76.6. The maximum atomic E-state index is 6.47. The topological polar surface area (TPSA) is 78.1 Å². The zero-order valence-corrected chi connectivity index (χ0v) is 73.1. The molecule has 25 aromatic rings. The van der Waals surface area contributed by atoms with Gasteiger partial charge in [0.2, 0.25) is 17.7 Å². The van der Waals surface area contributed by atoms with Gasteiger partial charge in [0.05, 0.1) is 5.41 Å². The van der Waals surface area contributed by atoms with E-state index in [-0.39, 0.29) is 10.8 Å². The molecular formula is C126H83N3O3. The Bertz CT molecular complexity index is 9020. The van der Waals surface area contributed by atoms with Gasteiger partial charge in [0, 0.05) is 43.7 Å². The van der Waals surface area contributed by atoms with Crippen molar-refractivity contribution >= 4 is 119 Å². The van der Waals surface area contributed by atoms with Crippen LogP contribution in [0.15, 0.2) is 444 Å². The molecule has 3 heterocycles. The van der Waals surface area contributed by atoms with Crippen LogP contribution in [0.2, 0.25) is 0 Å². The van der Waals surface area contributed by atoms with Gasteiger partial charge in [-0.3, -0.25) is 0 Å². The Labute approximate surface area is 762 Å². The van der Waals surface area contributed by atoms with E-state index in [4.69, 9.17) is 28.2 Å². The van der Waals surface area contributed by atoms with E-state index < -0.39 is 5.41 Å². The molecule has 6 heteroatoms. The third-order valence-corrected chi connectivity index (χ3v) is 28.7. The number of nitrogens with zero attached hydrogens (tertiary/aromatic N) is 3. The van der Waals surface area contributed by atoms with Crippen LogP contribution in [0.5, 0.6) is 0 Å². The SMILES string of the molecule is CC1(C)c2cc(-c3ccc4c(ccc5ccc6nc(-c7ccccc7)oc6c54)c3)ccc2-c2cc3ccccc3cc21.CC1(C)c2cc(-c3ccc4c(ccc5ccc6nc(-c7ccccc7)oc6c54)c3)ccc2-c2ccc3ccccc3c21.c1ccc(-c2nc3ccc4ccc5cc(-c6ccc7c(c6)C(c6ccccc6)(c6ccccc6)c6ccccc6-7)ccc5c4c3o2)cc1. The van der Waals surface area contributed by atoms with Gasteiger partial charge in [-0.2, -0.15) is 0 Å². The summed E-state index contributed by atoms with van der Waals surface area (Å²) in [4.78, 5) is 14.5. The van der Waals surface area contributed by atoms with E-state index in [0.717, 1.165) is 87.7 Å². The van der Waals surface area contributed by atoms with Crippen molar-refractivity contribution in [2.45, 2.75) is 43.9 Å². The number of oxazole rings is 3. The van der Waals surface area contributed by atoms with Crippen molar-refractivity contribution in [3.63, 3.8) is 0 Å². The van der Waals surface area contributed by atoms with Crippen molar-refractivity contribution in [2.75, 3.05) is 0 Å². The molecule has 0 bridgehead atoms. The Morgan fingerprint density at radius 3 is 0.970 bits per heavy atom. The van der Waals surface area contributed by atoms with Crippen molar-refractivity contribution < 1.29 is 13.3 Å². The molecule has 0 N–H and O–H groups in total. The molecule has 0 saturated carbocycles. The summed E-state index contributed by atoms with van der Waals surface area (Å²) in [6.07, 6.45) is 0. The summed E-state index contributed by atoms with van der Waals surface area (Å²) >= 11 is 0. The van der Waals surface area contributed by atoms with Gasteiger partial charge in [-0.1, -0.05) is 355 Å². The lowest BCUT2D eigenvalue weighted by molar-refractivity contribution is 0.623. The maximum absolute atomic E-state index is 6.47. The van der Waals surface area contributed by atoms with Crippen LogP contribution in [0.4, 0.5) is 0 Å². The first-order valence-corrected chi connectivity index (χ1v) is 45.6. The fraction of sp³-hybridized carbons (Fsp3) is 0.0556. The highest BCUT2D eigenvalue weighted by Gasteiger charge is 2.47. The van der Waals surface area contributed by atoms with Gasteiger partial charge in [-0.05, 0) is 284 Å². The van der Waals surface area contributed by atoms with Gasteiger partial charge in [0.25, 0.3) is 0 Å². The van der Waals surface area contributed by atoms with Gasteiger partial charge < -0.3 is 13.3 Å². The Morgan fingerprint density at radius 2 is 0.508 bits per heavy atom. The number of fused-ring (bicyclic) bond motifs is 27. The average molecular weight is 1690 g/mol. The summed E-state index contributed by atoms with van der Waals surface area (Å²) < 4.78 is 19.3. The number of hydrogen-bond acceptors (Lipinski definition) is 6. The lowest BCUT2D eigenvalue weighted by Crippen LogP contribution is -2.28. The zero-order chi connectivity index (χ0) is 87.7. The van der Waals surface area contributed by atoms with Crippen LogP contribution >= 0.6 is 0 Å². The molecule has 0 fully saturated rings. The highest BCUT2D eigenvalue weighted by Crippen LogP contribution is 2.59. The molecule has 0 aliphatic heterocycles. The molecule has 0 spiro atoms. The molecular weight excluding hydrogens is 1600 g/mol. The lowest BCUT2D eigenvalue weighted by Gasteiger charge is -2.34. The normalized spacial score (nSPS) is 13.5. The van der Waals surface area contributed by atoms with Crippen LogP contribution < -0.4 is 0 Å². The van der Waals surface area contributed by atoms with Crippen LogP contribution in [-0.2, 0) is 16.2 Å². The van der Waals surface area contributed by atoms with Crippen molar-refractivity contribution in [2.24, 2.45) is 0 Å². The molecule has 0 amide bonds. The van der Waals surface area contributed by atoms with Crippen molar-refractivity contribution in [1.29, 1.82) is 0 Å². The molecule has 0 saturated heterocycles. The fourth-order valence-corrected chi connectivity index (χ4v) is 22.3. The number of hydrogen-bond donors (Lipinski definition) is 0. The molecule has 132 heavy (non-hydrogen) atoms. The number of rotatable bonds is 8. The van der Waals surface area contributed by atoms with E-state index in [9.17, 15) is 0 Å². The first-order chi connectivity index (χ1) is 64.9. The van der Waals surface area contributed by atoms with Crippen LogP contribution in [0.3, 0.4) is 0 Å². The molecule has 0 radical (unpaired) electrons. The average Bonchev–Trinajstić information content (AvgIpc) is 1.53. The van der Waals surface area contributed by atoms with Crippen LogP contribution in [0, 0.1) is 0 Å². The summed E-state index contributed by atoms with van der Waals surface area (Å²) in [5.74, 6) is 1.95. The van der Waals surface area contributed by atoms with Crippen LogP contribution in [0.1, 0.15) is 72.2 Å². The molecule has 22 aromatic carbocycles. The van der Waals surface area contributed by atoms with Crippen molar-refractivity contribution in [3.05, 3.63) is 475 Å². The van der Waals surface area contributed by atoms with E-state index in [2.05, 4.69) is 367 Å². The Kier molecular flexibility index (Phi) is 17.2. The largest absolute Gasteiger partial charge is 0.435 e. The number of aromatic nitrogens is 3. The van der Waals surface area contributed by atoms with Crippen molar-refractivity contribution in [3.8, 4) is 101 Å². The van der Waals surface area contributed by atoms with E-state index in [1.807, 2.05) is 91.0 Å². The molecule has 6 nitrogen and oxygen atoms in total. The fourth-order valence-electron chi connectivity index (χ4n) is 22.3. The van der Waals surface area contributed by atoms with Gasteiger partial charge >= 0.3 is 0 Å². The third kappa shape index (κ3) is 12.0. The first-order valence-electron chi connectivity index (χ1n) is 45.6. The molecule has 3 aliphatic carbocycles. The summed E-state index contributed by atoms with van der Waals surface area (Å²) in [6.45, 7) is 9.45. The zero-order valence-electron chi connectivity index (χ0n) is 73.1. The van der Waals surface area contributed by atoms with Gasteiger partial charge in [0.1, 0.15) is 16.6 Å². The minimum absolute atomic E-state index is 0.0634. The highest BCUT2D eigenvalue weighted by molar-refractivity contribution is 6.21.